The van der Waals surface area contributed by atoms with Crippen molar-refractivity contribution in [1.29, 1.82) is 0 Å². The highest BCUT2D eigenvalue weighted by atomic mass is 16.7. The Balaban J connectivity index is 1.84. The number of fused-ring (bicyclic) bond motifs is 1. The molecule has 0 radical (unpaired) electrons. The summed E-state index contributed by atoms with van der Waals surface area (Å²) >= 11 is 0. The summed E-state index contributed by atoms with van der Waals surface area (Å²) in [5.41, 5.74) is 2.31. The fourth-order valence-electron chi connectivity index (χ4n) is 2.85. The van der Waals surface area contributed by atoms with Crippen LogP contribution >= 0.6 is 0 Å². The Morgan fingerprint density at radius 2 is 2.04 bits per heavy atom. The summed E-state index contributed by atoms with van der Waals surface area (Å²) in [6.07, 6.45) is 4.80. The van der Waals surface area contributed by atoms with Crippen molar-refractivity contribution >= 4 is 0 Å². The third-order valence-electron chi connectivity index (χ3n) is 4.47. The minimum Gasteiger partial charge on any atom is -0.496 e. The summed E-state index contributed by atoms with van der Waals surface area (Å²) in [6.45, 7) is 6.35. The Hall–Kier alpha value is -2.27. The van der Waals surface area contributed by atoms with Crippen molar-refractivity contribution in [3.05, 3.63) is 47.8 Å². The van der Waals surface area contributed by atoms with Crippen molar-refractivity contribution in [1.82, 2.24) is 9.88 Å². The SMILES string of the molecule is CC[C@@H](C)N(Cc1cccnc1)Cc1cc2c(cc1OC)OCO2. The molecule has 0 saturated carbocycles. The first-order valence-electron chi connectivity index (χ1n) is 8.30. The molecule has 0 amide bonds. The third kappa shape index (κ3) is 3.62. The molecule has 0 unspecified atom stereocenters. The quantitative estimate of drug-likeness (QED) is 0.777. The number of ether oxygens (including phenoxy) is 3. The summed E-state index contributed by atoms with van der Waals surface area (Å²) in [5.74, 6) is 2.37. The van der Waals surface area contributed by atoms with E-state index in [4.69, 9.17) is 14.2 Å². The van der Waals surface area contributed by atoms with Crippen LogP contribution in [0.15, 0.2) is 36.7 Å². The van der Waals surface area contributed by atoms with E-state index in [1.807, 2.05) is 24.4 Å². The van der Waals surface area contributed by atoms with Crippen LogP contribution < -0.4 is 14.2 Å². The normalized spacial score (nSPS) is 14.0. The highest BCUT2D eigenvalue weighted by molar-refractivity contribution is 5.51. The van der Waals surface area contributed by atoms with Gasteiger partial charge in [0.25, 0.3) is 0 Å². The van der Waals surface area contributed by atoms with E-state index >= 15 is 0 Å². The van der Waals surface area contributed by atoms with Crippen LogP contribution in [0.5, 0.6) is 17.2 Å². The van der Waals surface area contributed by atoms with Gasteiger partial charge in [0.1, 0.15) is 5.75 Å². The lowest BCUT2D eigenvalue weighted by atomic mass is 10.1. The smallest absolute Gasteiger partial charge is 0.231 e. The standard InChI is InChI=1S/C19H24N2O3/c1-4-14(2)21(11-15-6-5-7-20-10-15)12-16-8-18-19(24-13-23-18)9-17(16)22-3/h5-10,14H,4,11-13H2,1-3H3/t14-/m1/s1. The summed E-state index contributed by atoms with van der Waals surface area (Å²) in [5, 5.41) is 0. The van der Waals surface area contributed by atoms with E-state index in [1.54, 1.807) is 13.3 Å². The van der Waals surface area contributed by atoms with Crippen molar-refractivity contribution < 1.29 is 14.2 Å². The largest absolute Gasteiger partial charge is 0.496 e. The first-order chi connectivity index (χ1) is 11.7. The van der Waals surface area contributed by atoms with Gasteiger partial charge in [-0.2, -0.15) is 0 Å². The number of nitrogens with zero attached hydrogens (tertiary/aromatic N) is 2. The molecule has 24 heavy (non-hydrogen) atoms. The van der Waals surface area contributed by atoms with E-state index in [0.717, 1.165) is 42.3 Å². The first-order valence-corrected chi connectivity index (χ1v) is 8.30. The number of aromatic nitrogens is 1. The fraction of sp³-hybridized carbons (Fsp3) is 0.421. The van der Waals surface area contributed by atoms with E-state index in [0.29, 0.717) is 6.04 Å². The molecule has 2 aromatic rings. The highest BCUT2D eigenvalue weighted by Crippen LogP contribution is 2.38. The predicted molar refractivity (Wildman–Crippen MR) is 92.4 cm³/mol. The Bertz CT molecular complexity index is 676. The number of hydrogen-bond acceptors (Lipinski definition) is 5. The monoisotopic (exact) mass is 328 g/mol. The Morgan fingerprint density at radius 1 is 1.25 bits per heavy atom. The van der Waals surface area contributed by atoms with Gasteiger partial charge in [-0.15, -0.1) is 0 Å². The van der Waals surface area contributed by atoms with Crippen molar-refractivity contribution in [2.75, 3.05) is 13.9 Å². The molecule has 1 aromatic heterocycles. The summed E-state index contributed by atoms with van der Waals surface area (Å²) in [6, 6.07) is 8.47. The van der Waals surface area contributed by atoms with Gasteiger partial charge in [0.15, 0.2) is 11.5 Å². The predicted octanol–water partition coefficient (Wildman–Crippen LogP) is 3.62. The summed E-state index contributed by atoms with van der Waals surface area (Å²) < 4.78 is 16.5. The third-order valence-corrected chi connectivity index (χ3v) is 4.47. The van der Waals surface area contributed by atoms with E-state index in [9.17, 15) is 0 Å². The van der Waals surface area contributed by atoms with Crippen molar-refractivity contribution in [3.8, 4) is 17.2 Å². The average molecular weight is 328 g/mol. The summed E-state index contributed by atoms with van der Waals surface area (Å²) in [4.78, 5) is 6.65. The van der Waals surface area contributed by atoms with Gasteiger partial charge >= 0.3 is 0 Å². The topological polar surface area (TPSA) is 43.8 Å². The molecule has 3 rings (SSSR count). The van der Waals surface area contributed by atoms with Gasteiger partial charge in [0, 0.05) is 43.2 Å². The van der Waals surface area contributed by atoms with Gasteiger partial charge in [-0.25, -0.2) is 0 Å². The molecule has 1 aliphatic heterocycles. The second-order valence-electron chi connectivity index (χ2n) is 6.04. The second-order valence-corrected chi connectivity index (χ2v) is 6.04. The van der Waals surface area contributed by atoms with Gasteiger partial charge in [-0.05, 0) is 31.0 Å². The Labute approximate surface area is 143 Å². The molecule has 1 atom stereocenters. The molecular formula is C19H24N2O3. The number of hydrogen-bond donors (Lipinski definition) is 0. The molecule has 0 spiro atoms. The molecule has 2 heterocycles. The number of benzene rings is 1. The lowest BCUT2D eigenvalue weighted by Gasteiger charge is -2.29. The minimum atomic E-state index is 0.271. The Morgan fingerprint density at radius 3 is 2.71 bits per heavy atom. The zero-order valence-electron chi connectivity index (χ0n) is 14.5. The number of methoxy groups -OCH3 is 1. The zero-order chi connectivity index (χ0) is 16.9. The van der Waals surface area contributed by atoms with Gasteiger partial charge in [-0.3, -0.25) is 9.88 Å². The van der Waals surface area contributed by atoms with Gasteiger partial charge < -0.3 is 14.2 Å². The lowest BCUT2D eigenvalue weighted by Crippen LogP contribution is -2.31. The van der Waals surface area contributed by atoms with Crippen molar-refractivity contribution in [2.24, 2.45) is 0 Å². The van der Waals surface area contributed by atoms with E-state index < -0.39 is 0 Å². The van der Waals surface area contributed by atoms with Crippen LogP contribution in [-0.2, 0) is 13.1 Å². The zero-order valence-corrected chi connectivity index (χ0v) is 14.5. The first kappa shape index (κ1) is 16.6. The minimum absolute atomic E-state index is 0.271. The van der Waals surface area contributed by atoms with E-state index in [2.05, 4.69) is 29.8 Å². The second kappa shape index (κ2) is 7.53. The molecule has 0 saturated heterocycles. The van der Waals surface area contributed by atoms with Crippen LogP contribution in [0.2, 0.25) is 0 Å². The van der Waals surface area contributed by atoms with Crippen LogP contribution in [0.3, 0.4) is 0 Å². The Kier molecular flexibility index (Phi) is 5.20. The maximum atomic E-state index is 5.56. The van der Waals surface area contributed by atoms with Gasteiger partial charge in [-0.1, -0.05) is 13.0 Å². The molecule has 5 heteroatoms. The molecule has 0 aliphatic carbocycles. The van der Waals surface area contributed by atoms with Crippen molar-refractivity contribution in [2.45, 2.75) is 39.4 Å². The maximum Gasteiger partial charge on any atom is 0.231 e. The molecule has 0 N–H and O–H groups in total. The van der Waals surface area contributed by atoms with Gasteiger partial charge in [0.05, 0.1) is 7.11 Å². The molecule has 1 aromatic carbocycles. The van der Waals surface area contributed by atoms with Gasteiger partial charge in [0.2, 0.25) is 6.79 Å². The van der Waals surface area contributed by atoms with Crippen LogP contribution in [0.25, 0.3) is 0 Å². The molecule has 5 nitrogen and oxygen atoms in total. The van der Waals surface area contributed by atoms with Crippen LogP contribution in [0.4, 0.5) is 0 Å². The van der Waals surface area contributed by atoms with Crippen LogP contribution in [-0.4, -0.2) is 29.8 Å². The number of pyridine rings is 1. The maximum absolute atomic E-state index is 5.56. The van der Waals surface area contributed by atoms with E-state index in [1.165, 1.54) is 5.56 Å². The molecule has 0 bridgehead atoms. The fourth-order valence-corrected chi connectivity index (χ4v) is 2.85. The molecule has 128 valence electrons. The molecule has 0 fully saturated rings. The van der Waals surface area contributed by atoms with Crippen LogP contribution in [0, 0.1) is 0 Å². The highest BCUT2D eigenvalue weighted by Gasteiger charge is 2.21. The van der Waals surface area contributed by atoms with Crippen molar-refractivity contribution in [3.63, 3.8) is 0 Å². The number of rotatable bonds is 7. The summed E-state index contributed by atoms with van der Waals surface area (Å²) in [7, 11) is 1.69. The van der Waals surface area contributed by atoms with E-state index in [-0.39, 0.29) is 6.79 Å². The lowest BCUT2D eigenvalue weighted by molar-refractivity contribution is 0.173. The average Bonchev–Trinajstić information content (AvgIpc) is 3.07. The molecular weight excluding hydrogens is 304 g/mol. The molecule has 1 aliphatic rings. The van der Waals surface area contributed by atoms with Crippen LogP contribution in [0.1, 0.15) is 31.4 Å².